The predicted molar refractivity (Wildman–Crippen MR) is 137 cm³/mol. The zero-order chi connectivity index (χ0) is 24.4. The van der Waals surface area contributed by atoms with E-state index in [1.807, 2.05) is 65.2 Å². The Morgan fingerprint density at radius 1 is 1.14 bits per heavy atom. The molecule has 1 saturated heterocycles. The van der Waals surface area contributed by atoms with E-state index in [4.69, 9.17) is 20.9 Å². The summed E-state index contributed by atoms with van der Waals surface area (Å²) in [5.74, 6) is 1.12. The zero-order valence-electron chi connectivity index (χ0n) is 19.9. The van der Waals surface area contributed by atoms with Crippen LogP contribution in [0.3, 0.4) is 0 Å². The second-order valence-electron chi connectivity index (χ2n) is 9.25. The molecule has 0 unspecified atom stereocenters. The molecule has 1 fully saturated rings. The first-order valence-corrected chi connectivity index (χ1v) is 12.4. The molecule has 5 rings (SSSR count). The van der Waals surface area contributed by atoms with Crippen molar-refractivity contribution in [3.63, 3.8) is 0 Å². The zero-order valence-corrected chi connectivity index (χ0v) is 20.7. The van der Waals surface area contributed by atoms with E-state index in [2.05, 4.69) is 29.2 Å². The summed E-state index contributed by atoms with van der Waals surface area (Å²) in [6.07, 6.45) is 1.40. The lowest BCUT2D eigenvalue weighted by Gasteiger charge is -2.34. The van der Waals surface area contributed by atoms with Crippen LogP contribution in [0.1, 0.15) is 32.4 Å². The molecule has 182 valence electrons. The van der Waals surface area contributed by atoms with Crippen molar-refractivity contribution in [1.82, 2.24) is 19.9 Å². The lowest BCUT2D eigenvalue weighted by molar-refractivity contribution is 0.151. The Morgan fingerprint density at radius 3 is 2.63 bits per heavy atom. The molecular weight excluding hydrogens is 464 g/mol. The molecule has 35 heavy (non-hydrogen) atoms. The number of hydrogen-bond acceptors (Lipinski definition) is 5. The van der Waals surface area contributed by atoms with Gasteiger partial charge in [0.05, 0.1) is 12.1 Å². The maximum absolute atomic E-state index is 12.8. The van der Waals surface area contributed by atoms with Crippen LogP contribution in [0.5, 0.6) is 5.88 Å². The van der Waals surface area contributed by atoms with Crippen LogP contribution in [0.4, 0.5) is 4.79 Å². The first-order valence-electron chi connectivity index (χ1n) is 12.0. The molecule has 1 amide bonds. The summed E-state index contributed by atoms with van der Waals surface area (Å²) < 4.78 is 13.4. The highest BCUT2D eigenvalue weighted by atomic mass is 35.5. The number of hydrogen-bond donors (Lipinski definition) is 1. The number of benzene rings is 2. The van der Waals surface area contributed by atoms with Gasteiger partial charge >= 0.3 is 6.09 Å². The molecule has 0 saturated carbocycles. The topological polar surface area (TPSA) is 72.5 Å². The van der Waals surface area contributed by atoms with Crippen LogP contribution in [0.25, 0.3) is 22.2 Å². The van der Waals surface area contributed by atoms with Crippen molar-refractivity contribution in [2.45, 2.75) is 45.3 Å². The Labute approximate surface area is 209 Å². The van der Waals surface area contributed by atoms with E-state index in [0.29, 0.717) is 29.2 Å². The number of carbonyl (C=O) groups is 1. The molecular formula is C27H29ClN4O3. The summed E-state index contributed by atoms with van der Waals surface area (Å²) in [7, 11) is 0. The summed E-state index contributed by atoms with van der Waals surface area (Å²) in [6.45, 7) is 6.74. The van der Waals surface area contributed by atoms with Gasteiger partial charge in [-0.3, -0.25) is 0 Å². The SMILES string of the molecule is CC(C)N1CCC(NC(=O)Oc2cc3ccccc3n2Cc2cc(-c3ccc(Cl)cc3)no2)CC1. The molecule has 7 nitrogen and oxygen atoms in total. The number of rotatable bonds is 6. The van der Waals surface area contributed by atoms with Crippen LogP contribution < -0.4 is 10.1 Å². The summed E-state index contributed by atoms with van der Waals surface area (Å²) in [5, 5.41) is 8.90. The number of nitrogens with zero attached hydrogens (tertiary/aromatic N) is 3. The standard InChI is InChI=1S/C27H29ClN4O3/c1-18(2)31-13-11-22(12-14-31)29-27(33)34-26-15-20-5-3-4-6-25(20)32(26)17-23-16-24(30-35-23)19-7-9-21(28)10-8-19/h3-10,15-16,18,22H,11-14,17H2,1-2H3,(H,29,33). The predicted octanol–water partition coefficient (Wildman–Crippen LogP) is 5.96. The molecule has 3 heterocycles. The molecule has 0 bridgehead atoms. The van der Waals surface area contributed by atoms with Crippen LogP contribution in [-0.2, 0) is 6.54 Å². The third-order valence-corrected chi connectivity index (χ3v) is 6.82. The minimum absolute atomic E-state index is 0.117. The van der Waals surface area contributed by atoms with Crippen LogP contribution in [0.2, 0.25) is 5.02 Å². The molecule has 4 aromatic rings. The van der Waals surface area contributed by atoms with E-state index in [1.165, 1.54) is 0 Å². The lowest BCUT2D eigenvalue weighted by atomic mass is 10.0. The summed E-state index contributed by atoms with van der Waals surface area (Å²) >= 11 is 6.00. The molecule has 2 aromatic carbocycles. The Hall–Kier alpha value is -3.29. The molecule has 8 heteroatoms. The van der Waals surface area contributed by atoms with Gasteiger partial charge in [-0.15, -0.1) is 0 Å². The second kappa shape index (κ2) is 10.1. The first-order chi connectivity index (χ1) is 17.0. The van der Waals surface area contributed by atoms with Gasteiger partial charge in [0.25, 0.3) is 0 Å². The summed E-state index contributed by atoms with van der Waals surface area (Å²) in [5.41, 5.74) is 2.59. The highest BCUT2D eigenvalue weighted by molar-refractivity contribution is 6.30. The van der Waals surface area contributed by atoms with E-state index in [0.717, 1.165) is 48.1 Å². The molecule has 0 aliphatic carbocycles. The van der Waals surface area contributed by atoms with E-state index < -0.39 is 6.09 Å². The number of ether oxygens (including phenoxy) is 1. The van der Waals surface area contributed by atoms with E-state index in [1.54, 1.807) is 0 Å². The van der Waals surface area contributed by atoms with Crippen molar-refractivity contribution < 1.29 is 14.1 Å². The molecule has 0 radical (unpaired) electrons. The molecule has 1 aliphatic rings. The van der Waals surface area contributed by atoms with Crippen molar-refractivity contribution >= 4 is 28.6 Å². The van der Waals surface area contributed by atoms with Crippen LogP contribution in [0, 0.1) is 0 Å². The van der Waals surface area contributed by atoms with Crippen LogP contribution in [-0.4, -0.2) is 45.9 Å². The third-order valence-electron chi connectivity index (χ3n) is 6.56. The third kappa shape index (κ3) is 5.36. The first kappa shape index (κ1) is 23.5. The number of aromatic nitrogens is 2. The number of amides is 1. The Morgan fingerprint density at radius 2 is 1.89 bits per heavy atom. The van der Waals surface area contributed by atoms with Gasteiger partial charge < -0.3 is 24.0 Å². The average molecular weight is 493 g/mol. The Kier molecular flexibility index (Phi) is 6.79. The van der Waals surface area contributed by atoms with E-state index >= 15 is 0 Å². The fraction of sp³-hybridized carbons (Fsp3) is 0.333. The fourth-order valence-corrected chi connectivity index (χ4v) is 4.71. The number of carbonyl (C=O) groups excluding carboxylic acids is 1. The van der Waals surface area contributed by atoms with Gasteiger partial charge in [-0.25, -0.2) is 4.79 Å². The van der Waals surface area contributed by atoms with Crippen LogP contribution in [0.15, 0.2) is 65.2 Å². The maximum Gasteiger partial charge on any atom is 0.414 e. The number of nitrogens with one attached hydrogen (secondary N) is 1. The monoisotopic (exact) mass is 492 g/mol. The number of piperidine rings is 1. The minimum Gasteiger partial charge on any atom is -0.393 e. The van der Waals surface area contributed by atoms with Crippen molar-refractivity contribution in [2.24, 2.45) is 0 Å². The number of likely N-dealkylation sites (tertiary alicyclic amines) is 1. The van der Waals surface area contributed by atoms with Gasteiger partial charge in [0.15, 0.2) is 5.76 Å². The smallest absolute Gasteiger partial charge is 0.393 e. The Bertz CT molecular complexity index is 1300. The quantitative estimate of drug-likeness (QED) is 0.359. The van der Waals surface area contributed by atoms with Gasteiger partial charge in [-0.2, -0.15) is 0 Å². The van der Waals surface area contributed by atoms with Gasteiger partial charge in [0.2, 0.25) is 5.88 Å². The minimum atomic E-state index is -0.434. The number of para-hydroxylation sites is 1. The van der Waals surface area contributed by atoms with Crippen molar-refractivity contribution in [3.05, 3.63) is 71.4 Å². The largest absolute Gasteiger partial charge is 0.414 e. The van der Waals surface area contributed by atoms with Gasteiger partial charge in [-0.1, -0.05) is 47.1 Å². The van der Waals surface area contributed by atoms with Crippen LogP contribution >= 0.6 is 11.6 Å². The summed E-state index contributed by atoms with van der Waals surface area (Å²) in [6, 6.07) is 19.8. The van der Waals surface area contributed by atoms with E-state index in [9.17, 15) is 4.79 Å². The molecule has 0 spiro atoms. The molecule has 2 aromatic heterocycles. The second-order valence-corrected chi connectivity index (χ2v) is 9.69. The number of halogens is 1. The fourth-order valence-electron chi connectivity index (χ4n) is 4.58. The Balaban J connectivity index is 1.32. The molecule has 0 atom stereocenters. The van der Waals surface area contributed by atoms with Gasteiger partial charge in [0, 0.05) is 53.3 Å². The van der Waals surface area contributed by atoms with Crippen molar-refractivity contribution in [2.75, 3.05) is 13.1 Å². The normalized spacial score (nSPS) is 15.1. The number of fused-ring (bicyclic) bond motifs is 1. The van der Waals surface area contributed by atoms with Gasteiger partial charge in [-0.05, 0) is 44.9 Å². The highest BCUT2D eigenvalue weighted by Crippen LogP contribution is 2.28. The summed E-state index contributed by atoms with van der Waals surface area (Å²) in [4.78, 5) is 15.2. The van der Waals surface area contributed by atoms with E-state index in [-0.39, 0.29) is 6.04 Å². The lowest BCUT2D eigenvalue weighted by Crippen LogP contribution is -2.47. The van der Waals surface area contributed by atoms with Crippen molar-refractivity contribution in [1.29, 1.82) is 0 Å². The highest BCUT2D eigenvalue weighted by Gasteiger charge is 2.23. The van der Waals surface area contributed by atoms with Crippen molar-refractivity contribution in [3.8, 4) is 17.1 Å². The van der Waals surface area contributed by atoms with Gasteiger partial charge in [0.1, 0.15) is 5.69 Å². The molecule has 1 aliphatic heterocycles. The average Bonchev–Trinajstić information content (AvgIpc) is 3.45. The maximum atomic E-state index is 12.8. The molecule has 1 N–H and O–H groups in total.